The van der Waals surface area contributed by atoms with E-state index in [4.69, 9.17) is 0 Å². The van der Waals surface area contributed by atoms with Gasteiger partial charge in [-0.1, -0.05) is 38.0 Å². The van der Waals surface area contributed by atoms with Gasteiger partial charge in [-0.15, -0.1) is 0 Å². The van der Waals surface area contributed by atoms with Gasteiger partial charge in [0, 0.05) is 5.41 Å². The van der Waals surface area contributed by atoms with Gasteiger partial charge in [0.25, 0.3) is 0 Å². The molecule has 0 aliphatic heterocycles. The predicted octanol–water partition coefficient (Wildman–Crippen LogP) is 2.42. The Kier molecular flexibility index (Phi) is 1.84. The standard InChI is InChI=1S/C11H16O/c1-9-5-8-11(10(9)12)6-3-2-4-7-11/h5,8,10,12H,1-4,6-7H2. The van der Waals surface area contributed by atoms with Crippen molar-refractivity contribution in [1.29, 1.82) is 0 Å². The third-order valence-electron chi connectivity index (χ3n) is 3.31. The second kappa shape index (κ2) is 2.74. The van der Waals surface area contributed by atoms with E-state index >= 15 is 0 Å². The Morgan fingerprint density at radius 3 is 2.50 bits per heavy atom. The van der Waals surface area contributed by atoms with E-state index in [2.05, 4.69) is 12.7 Å². The molecule has 1 fully saturated rings. The molecule has 0 amide bonds. The molecule has 2 aliphatic carbocycles. The third kappa shape index (κ3) is 1.04. The van der Waals surface area contributed by atoms with Gasteiger partial charge in [0.2, 0.25) is 0 Å². The van der Waals surface area contributed by atoms with Crippen LogP contribution in [0.5, 0.6) is 0 Å². The van der Waals surface area contributed by atoms with Crippen LogP contribution >= 0.6 is 0 Å². The quantitative estimate of drug-likeness (QED) is 0.583. The number of hydrogen-bond donors (Lipinski definition) is 1. The van der Waals surface area contributed by atoms with Crippen LogP contribution in [0.4, 0.5) is 0 Å². The molecule has 0 aromatic rings. The van der Waals surface area contributed by atoms with Crippen molar-refractivity contribution in [2.24, 2.45) is 5.41 Å². The molecule has 1 atom stereocenters. The molecule has 12 heavy (non-hydrogen) atoms. The van der Waals surface area contributed by atoms with Crippen molar-refractivity contribution in [3.63, 3.8) is 0 Å². The summed E-state index contributed by atoms with van der Waals surface area (Å²) in [6.45, 7) is 3.85. The summed E-state index contributed by atoms with van der Waals surface area (Å²) >= 11 is 0. The molecule has 1 N–H and O–H groups in total. The van der Waals surface area contributed by atoms with E-state index in [-0.39, 0.29) is 11.5 Å². The first-order chi connectivity index (χ1) is 5.75. The molecule has 0 radical (unpaired) electrons. The van der Waals surface area contributed by atoms with E-state index in [0.717, 1.165) is 18.4 Å². The minimum atomic E-state index is -0.294. The van der Waals surface area contributed by atoms with Crippen LogP contribution in [0.2, 0.25) is 0 Å². The monoisotopic (exact) mass is 164 g/mol. The second-order valence-electron chi connectivity index (χ2n) is 4.10. The molecule has 0 aromatic carbocycles. The highest BCUT2D eigenvalue weighted by Gasteiger charge is 2.40. The van der Waals surface area contributed by atoms with Crippen molar-refractivity contribution >= 4 is 0 Å². The highest BCUT2D eigenvalue weighted by atomic mass is 16.3. The summed E-state index contributed by atoms with van der Waals surface area (Å²) in [5.41, 5.74) is 0.979. The fraction of sp³-hybridized carbons (Fsp3) is 0.636. The Morgan fingerprint density at radius 2 is 2.00 bits per heavy atom. The maximum absolute atomic E-state index is 9.91. The summed E-state index contributed by atoms with van der Waals surface area (Å²) < 4.78 is 0. The lowest BCUT2D eigenvalue weighted by molar-refractivity contribution is 0.0702. The van der Waals surface area contributed by atoms with Gasteiger partial charge in [-0.05, 0) is 18.4 Å². The van der Waals surface area contributed by atoms with Crippen molar-refractivity contribution < 1.29 is 5.11 Å². The molecule has 1 saturated carbocycles. The molecule has 1 unspecified atom stereocenters. The van der Waals surface area contributed by atoms with Crippen LogP contribution in [0.15, 0.2) is 24.3 Å². The molecule has 1 heteroatoms. The first-order valence-corrected chi connectivity index (χ1v) is 4.81. The van der Waals surface area contributed by atoms with Crippen LogP contribution in [0.25, 0.3) is 0 Å². The van der Waals surface area contributed by atoms with Gasteiger partial charge in [-0.3, -0.25) is 0 Å². The zero-order valence-corrected chi connectivity index (χ0v) is 7.42. The molecule has 1 nitrogen and oxygen atoms in total. The largest absolute Gasteiger partial charge is 0.388 e. The Bertz CT molecular complexity index is 221. The van der Waals surface area contributed by atoms with Gasteiger partial charge in [-0.2, -0.15) is 0 Å². The molecule has 2 aliphatic rings. The number of hydrogen-bond acceptors (Lipinski definition) is 1. The SMILES string of the molecule is C=C1C=CC2(CCCCC2)C1O. The van der Waals surface area contributed by atoms with Gasteiger partial charge >= 0.3 is 0 Å². The fourth-order valence-electron chi connectivity index (χ4n) is 2.47. The van der Waals surface area contributed by atoms with Crippen molar-refractivity contribution in [2.75, 3.05) is 0 Å². The van der Waals surface area contributed by atoms with Crippen LogP contribution in [0.1, 0.15) is 32.1 Å². The van der Waals surface area contributed by atoms with Crippen molar-refractivity contribution in [3.05, 3.63) is 24.3 Å². The van der Waals surface area contributed by atoms with Crippen molar-refractivity contribution in [1.82, 2.24) is 0 Å². The molecule has 0 saturated heterocycles. The minimum absolute atomic E-state index is 0.0787. The summed E-state index contributed by atoms with van der Waals surface area (Å²) in [5.74, 6) is 0. The Morgan fingerprint density at radius 1 is 1.33 bits per heavy atom. The summed E-state index contributed by atoms with van der Waals surface area (Å²) in [5, 5.41) is 9.91. The van der Waals surface area contributed by atoms with Crippen LogP contribution in [-0.2, 0) is 0 Å². The zero-order chi connectivity index (χ0) is 8.60. The minimum Gasteiger partial charge on any atom is -0.388 e. The maximum atomic E-state index is 9.91. The second-order valence-corrected chi connectivity index (χ2v) is 4.10. The van der Waals surface area contributed by atoms with Crippen molar-refractivity contribution in [3.8, 4) is 0 Å². The van der Waals surface area contributed by atoms with Gasteiger partial charge in [-0.25, -0.2) is 0 Å². The zero-order valence-electron chi connectivity index (χ0n) is 7.42. The number of rotatable bonds is 0. The van der Waals surface area contributed by atoms with Crippen LogP contribution in [0.3, 0.4) is 0 Å². The third-order valence-corrected chi connectivity index (χ3v) is 3.31. The summed E-state index contributed by atoms with van der Waals surface area (Å²) in [4.78, 5) is 0. The van der Waals surface area contributed by atoms with Crippen LogP contribution in [-0.4, -0.2) is 11.2 Å². The Balaban J connectivity index is 2.20. The fourth-order valence-corrected chi connectivity index (χ4v) is 2.47. The van der Waals surface area contributed by atoms with E-state index in [9.17, 15) is 5.11 Å². The molecular formula is C11H16O. The van der Waals surface area contributed by atoms with Crippen molar-refractivity contribution in [2.45, 2.75) is 38.2 Å². The highest BCUT2D eigenvalue weighted by Crippen LogP contribution is 2.46. The molecular weight excluding hydrogens is 148 g/mol. The average Bonchev–Trinajstić information content (AvgIpc) is 2.37. The van der Waals surface area contributed by atoms with E-state index in [1.54, 1.807) is 0 Å². The van der Waals surface area contributed by atoms with E-state index in [1.165, 1.54) is 19.3 Å². The van der Waals surface area contributed by atoms with E-state index in [1.807, 2.05) is 6.08 Å². The lowest BCUT2D eigenvalue weighted by Crippen LogP contribution is -2.32. The van der Waals surface area contributed by atoms with E-state index < -0.39 is 0 Å². The highest BCUT2D eigenvalue weighted by molar-refractivity contribution is 5.33. The average molecular weight is 164 g/mol. The molecule has 1 spiro atoms. The number of aliphatic hydroxyl groups excluding tert-OH is 1. The number of aliphatic hydroxyl groups is 1. The summed E-state index contributed by atoms with van der Waals surface area (Å²) in [7, 11) is 0. The molecule has 2 rings (SSSR count). The van der Waals surface area contributed by atoms with Gasteiger partial charge in [0.1, 0.15) is 0 Å². The molecule has 66 valence electrons. The van der Waals surface area contributed by atoms with Crippen LogP contribution < -0.4 is 0 Å². The van der Waals surface area contributed by atoms with Gasteiger partial charge in [0.05, 0.1) is 6.10 Å². The van der Waals surface area contributed by atoms with E-state index in [0.29, 0.717) is 0 Å². The molecule has 0 heterocycles. The smallest absolute Gasteiger partial charge is 0.0874 e. The first-order valence-electron chi connectivity index (χ1n) is 4.81. The topological polar surface area (TPSA) is 20.2 Å². The summed E-state index contributed by atoms with van der Waals surface area (Å²) in [6.07, 6.45) is 10.0. The molecule has 0 aromatic heterocycles. The van der Waals surface area contributed by atoms with Gasteiger partial charge < -0.3 is 5.11 Å². The Labute approximate surface area is 73.8 Å². The Hall–Kier alpha value is -0.560. The lowest BCUT2D eigenvalue weighted by Gasteiger charge is -2.35. The molecule has 0 bridgehead atoms. The normalized spacial score (nSPS) is 33.1. The first kappa shape index (κ1) is 8.06. The van der Waals surface area contributed by atoms with Crippen LogP contribution in [0, 0.1) is 5.41 Å². The van der Waals surface area contributed by atoms with Gasteiger partial charge in [0.15, 0.2) is 0 Å². The maximum Gasteiger partial charge on any atom is 0.0874 e. The predicted molar refractivity (Wildman–Crippen MR) is 49.8 cm³/mol. The summed E-state index contributed by atoms with van der Waals surface area (Å²) in [6, 6.07) is 0. The lowest BCUT2D eigenvalue weighted by atomic mass is 9.72.